The summed E-state index contributed by atoms with van der Waals surface area (Å²) in [5.41, 5.74) is 0.705. The van der Waals surface area contributed by atoms with Gasteiger partial charge in [0.1, 0.15) is 0 Å². The first-order valence-corrected chi connectivity index (χ1v) is 8.52. The van der Waals surface area contributed by atoms with E-state index in [0.717, 1.165) is 39.0 Å². The molecule has 0 bridgehead atoms. The molecule has 0 aliphatic carbocycles. The molecule has 2 heterocycles. The van der Waals surface area contributed by atoms with Gasteiger partial charge < -0.3 is 15.1 Å². The monoisotopic (exact) mass is 315 g/mol. The Morgan fingerprint density at radius 3 is 2.70 bits per heavy atom. The first-order chi connectivity index (χ1) is 11.2. The molecule has 0 saturated carbocycles. The number of hydrogen-bond acceptors (Lipinski definition) is 3. The van der Waals surface area contributed by atoms with Crippen LogP contribution in [0.3, 0.4) is 0 Å². The average molecular weight is 315 g/mol. The lowest BCUT2D eigenvalue weighted by atomic mass is 9.95. The van der Waals surface area contributed by atoms with Crippen LogP contribution in [-0.4, -0.2) is 60.4 Å². The minimum Gasteiger partial charge on any atom is -0.338 e. The average Bonchev–Trinajstić information content (AvgIpc) is 2.62. The molecule has 1 unspecified atom stereocenters. The van der Waals surface area contributed by atoms with Crippen molar-refractivity contribution in [3.63, 3.8) is 0 Å². The molecule has 2 aliphatic heterocycles. The van der Waals surface area contributed by atoms with Crippen molar-refractivity contribution in [2.45, 2.75) is 25.8 Å². The van der Waals surface area contributed by atoms with Crippen LogP contribution in [0.15, 0.2) is 30.3 Å². The second-order valence-corrected chi connectivity index (χ2v) is 6.54. The lowest BCUT2D eigenvalue weighted by molar-refractivity contribution is -0.139. The normalized spacial score (nSPS) is 25.3. The van der Waals surface area contributed by atoms with E-state index < -0.39 is 0 Å². The number of likely N-dealkylation sites (tertiary alicyclic amines) is 1. The van der Waals surface area contributed by atoms with Crippen LogP contribution < -0.4 is 5.32 Å². The van der Waals surface area contributed by atoms with Crippen LogP contribution in [0.25, 0.3) is 0 Å². The van der Waals surface area contributed by atoms with E-state index in [1.54, 1.807) is 0 Å². The van der Waals surface area contributed by atoms with Gasteiger partial charge in [-0.05, 0) is 31.9 Å². The van der Waals surface area contributed by atoms with Crippen molar-refractivity contribution in [2.75, 3.05) is 32.7 Å². The van der Waals surface area contributed by atoms with Gasteiger partial charge >= 0.3 is 0 Å². The van der Waals surface area contributed by atoms with Crippen LogP contribution >= 0.6 is 0 Å². The van der Waals surface area contributed by atoms with Gasteiger partial charge in [-0.15, -0.1) is 0 Å². The van der Waals surface area contributed by atoms with E-state index in [2.05, 4.69) is 12.2 Å². The highest BCUT2D eigenvalue weighted by molar-refractivity contribution is 5.94. The van der Waals surface area contributed by atoms with Gasteiger partial charge in [0, 0.05) is 44.3 Å². The molecule has 0 radical (unpaired) electrons. The van der Waals surface area contributed by atoms with Gasteiger partial charge in [-0.25, -0.2) is 0 Å². The van der Waals surface area contributed by atoms with Gasteiger partial charge in [0.25, 0.3) is 5.91 Å². The lowest BCUT2D eigenvalue weighted by Crippen LogP contribution is -2.55. The standard InChI is InChI=1S/C18H25N3O2/c1-14-12-19-9-11-21(14)18(23)16-8-5-10-20(13-16)17(22)15-6-3-2-4-7-15/h2-4,6-7,14,16,19H,5,8-13H2,1H3/t14-,16?/m0/s1. The second kappa shape index (κ2) is 7.13. The molecule has 1 aromatic rings. The van der Waals surface area contributed by atoms with Crippen molar-refractivity contribution in [3.05, 3.63) is 35.9 Å². The van der Waals surface area contributed by atoms with Crippen LogP contribution in [0.4, 0.5) is 0 Å². The number of rotatable bonds is 2. The van der Waals surface area contributed by atoms with Gasteiger partial charge in [0.2, 0.25) is 5.91 Å². The van der Waals surface area contributed by atoms with Crippen LogP contribution in [0.5, 0.6) is 0 Å². The van der Waals surface area contributed by atoms with Crippen molar-refractivity contribution in [1.82, 2.24) is 15.1 Å². The molecule has 23 heavy (non-hydrogen) atoms. The van der Waals surface area contributed by atoms with E-state index in [1.165, 1.54) is 0 Å². The third-order valence-corrected chi connectivity index (χ3v) is 4.86. The fourth-order valence-corrected chi connectivity index (χ4v) is 3.53. The lowest BCUT2D eigenvalue weighted by Gasteiger charge is -2.39. The minimum atomic E-state index is -0.0584. The Labute approximate surface area is 137 Å². The Morgan fingerprint density at radius 2 is 1.96 bits per heavy atom. The SMILES string of the molecule is C[C@H]1CNCCN1C(=O)C1CCCN(C(=O)c2ccccc2)C1. The van der Waals surface area contributed by atoms with Crippen LogP contribution in [0, 0.1) is 5.92 Å². The van der Waals surface area contributed by atoms with E-state index >= 15 is 0 Å². The largest absolute Gasteiger partial charge is 0.338 e. The molecule has 5 nitrogen and oxygen atoms in total. The summed E-state index contributed by atoms with van der Waals surface area (Å²) in [6, 6.07) is 9.57. The van der Waals surface area contributed by atoms with Crippen molar-refractivity contribution in [2.24, 2.45) is 5.92 Å². The van der Waals surface area contributed by atoms with Gasteiger partial charge in [0.15, 0.2) is 0 Å². The summed E-state index contributed by atoms with van der Waals surface area (Å²) in [4.78, 5) is 29.3. The molecule has 2 amide bonds. The summed E-state index contributed by atoms with van der Waals surface area (Å²) in [7, 11) is 0. The summed E-state index contributed by atoms with van der Waals surface area (Å²) < 4.78 is 0. The van der Waals surface area contributed by atoms with E-state index in [0.29, 0.717) is 12.1 Å². The van der Waals surface area contributed by atoms with Crippen molar-refractivity contribution < 1.29 is 9.59 Å². The molecule has 0 aromatic heterocycles. The molecule has 0 spiro atoms. The number of piperazine rings is 1. The summed E-state index contributed by atoms with van der Waals surface area (Å²) in [6.45, 7) is 5.85. The summed E-state index contributed by atoms with van der Waals surface area (Å²) >= 11 is 0. The second-order valence-electron chi connectivity index (χ2n) is 6.54. The maximum absolute atomic E-state index is 12.8. The van der Waals surface area contributed by atoms with Gasteiger partial charge in [-0.1, -0.05) is 18.2 Å². The number of carbonyl (C=O) groups is 2. The number of carbonyl (C=O) groups excluding carboxylic acids is 2. The van der Waals surface area contributed by atoms with Crippen LogP contribution in [0.1, 0.15) is 30.1 Å². The molecule has 2 saturated heterocycles. The third kappa shape index (κ3) is 3.55. The summed E-state index contributed by atoms with van der Waals surface area (Å²) in [5.74, 6) is 0.193. The Morgan fingerprint density at radius 1 is 1.17 bits per heavy atom. The predicted molar refractivity (Wildman–Crippen MR) is 89.1 cm³/mol. The highest BCUT2D eigenvalue weighted by Gasteiger charge is 2.33. The topological polar surface area (TPSA) is 52.7 Å². The summed E-state index contributed by atoms with van der Waals surface area (Å²) in [6.07, 6.45) is 1.78. The molecule has 5 heteroatoms. The Balaban J connectivity index is 1.66. The molecule has 124 valence electrons. The van der Waals surface area contributed by atoms with Gasteiger partial charge in [0.05, 0.1) is 5.92 Å². The van der Waals surface area contributed by atoms with E-state index in [4.69, 9.17) is 0 Å². The van der Waals surface area contributed by atoms with Crippen LogP contribution in [0.2, 0.25) is 0 Å². The molecule has 3 rings (SSSR count). The number of benzene rings is 1. The number of hydrogen-bond donors (Lipinski definition) is 1. The highest BCUT2D eigenvalue weighted by Crippen LogP contribution is 2.22. The number of piperidine rings is 1. The summed E-state index contributed by atoms with van der Waals surface area (Å²) in [5, 5.41) is 3.31. The number of nitrogens with zero attached hydrogens (tertiary/aromatic N) is 2. The fraction of sp³-hybridized carbons (Fsp3) is 0.556. The Hall–Kier alpha value is -1.88. The zero-order valence-corrected chi connectivity index (χ0v) is 13.7. The first kappa shape index (κ1) is 16.0. The van der Waals surface area contributed by atoms with Crippen molar-refractivity contribution in [1.29, 1.82) is 0 Å². The number of amides is 2. The smallest absolute Gasteiger partial charge is 0.253 e. The molecule has 1 N–H and O–H groups in total. The van der Waals surface area contributed by atoms with Gasteiger partial charge in [-0.2, -0.15) is 0 Å². The molecular weight excluding hydrogens is 290 g/mol. The number of nitrogens with one attached hydrogen (secondary N) is 1. The Bertz CT molecular complexity index is 561. The van der Waals surface area contributed by atoms with E-state index in [1.807, 2.05) is 40.1 Å². The molecule has 2 atom stereocenters. The predicted octanol–water partition coefficient (Wildman–Crippen LogP) is 1.36. The highest BCUT2D eigenvalue weighted by atomic mass is 16.2. The minimum absolute atomic E-state index is 0.0384. The van der Waals surface area contributed by atoms with Crippen molar-refractivity contribution >= 4 is 11.8 Å². The molecule has 2 fully saturated rings. The maximum atomic E-state index is 12.8. The maximum Gasteiger partial charge on any atom is 0.253 e. The third-order valence-electron chi connectivity index (χ3n) is 4.86. The van der Waals surface area contributed by atoms with Gasteiger partial charge in [-0.3, -0.25) is 9.59 Å². The van der Waals surface area contributed by atoms with Crippen molar-refractivity contribution in [3.8, 4) is 0 Å². The zero-order valence-electron chi connectivity index (χ0n) is 13.7. The fourth-order valence-electron chi connectivity index (χ4n) is 3.53. The van der Waals surface area contributed by atoms with Crippen LogP contribution in [-0.2, 0) is 4.79 Å². The zero-order chi connectivity index (χ0) is 16.2. The molecular formula is C18H25N3O2. The first-order valence-electron chi connectivity index (χ1n) is 8.52. The molecule has 2 aliphatic rings. The Kier molecular flexibility index (Phi) is 4.96. The molecule has 1 aromatic carbocycles. The van der Waals surface area contributed by atoms with E-state index in [9.17, 15) is 9.59 Å². The van der Waals surface area contributed by atoms with E-state index in [-0.39, 0.29) is 23.8 Å². The quantitative estimate of drug-likeness (QED) is 0.896.